The van der Waals surface area contributed by atoms with E-state index in [2.05, 4.69) is 15.3 Å². The third-order valence-electron chi connectivity index (χ3n) is 3.40. The zero-order valence-electron chi connectivity index (χ0n) is 11.8. The molecule has 0 amide bonds. The summed E-state index contributed by atoms with van der Waals surface area (Å²) < 4.78 is 7.02. The third kappa shape index (κ3) is 3.13. The minimum Gasteiger partial charge on any atom is -0.493 e. The normalized spacial score (nSPS) is 19.1. The largest absolute Gasteiger partial charge is 0.493 e. The van der Waals surface area contributed by atoms with Crippen molar-refractivity contribution in [2.24, 2.45) is 0 Å². The average Bonchev–Trinajstić information content (AvgIpc) is 3.04. The van der Waals surface area contributed by atoms with E-state index in [1.54, 1.807) is 18.0 Å². The Balaban J connectivity index is 2.20. The molecular formula is C13H22N4O2. The van der Waals surface area contributed by atoms with Crippen molar-refractivity contribution < 1.29 is 9.53 Å². The Morgan fingerprint density at radius 1 is 1.63 bits per heavy atom. The quantitative estimate of drug-likeness (QED) is 0.755. The number of nitrogens with zero attached hydrogens (tertiary/aromatic N) is 3. The Labute approximate surface area is 113 Å². The minimum absolute atomic E-state index is 0.0885. The molecule has 1 aromatic rings. The highest BCUT2D eigenvalue weighted by atomic mass is 16.5. The first-order valence-electron chi connectivity index (χ1n) is 6.65. The van der Waals surface area contributed by atoms with E-state index in [0.717, 1.165) is 25.9 Å². The van der Waals surface area contributed by atoms with E-state index >= 15 is 0 Å². The molecule has 2 heterocycles. The number of aromatic nitrogens is 2. The second-order valence-corrected chi connectivity index (χ2v) is 5.10. The van der Waals surface area contributed by atoms with Crippen molar-refractivity contribution in [2.45, 2.75) is 25.4 Å². The SMILES string of the molecule is COc1cnn(CCN(C)C)c1C(=O)C1CCCN1. The van der Waals surface area contributed by atoms with Crippen LogP contribution in [0.4, 0.5) is 0 Å². The number of methoxy groups -OCH3 is 1. The topological polar surface area (TPSA) is 59.4 Å². The zero-order chi connectivity index (χ0) is 13.8. The van der Waals surface area contributed by atoms with Crippen LogP contribution in [0, 0.1) is 0 Å². The van der Waals surface area contributed by atoms with E-state index < -0.39 is 0 Å². The monoisotopic (exact) mass is 266 g/mol. The highest BCUT2D eigenvalue weighted by Gasteiger charge is 2.29. The summed E-state index contributed by atoms with van der Waals surface area (Å²) in [6.45, 7) is 2.43. The van der Waals surface area contributed by atoms with Crippen molar-refractivity contribution >= 4 is 5.78 Å². The zero-order valence-corrected chi connectivity index (χ0v) is 11.8. The Hall–Kier alpha value is -1.40. The van der Waals surface area contributed by atoms with Crippen LogP contribution in [0.15, 0.2) is 6.20 Å². The molecule has 1 saturated heterocycles. The lowest BCUT2D eigenvalue weighted by Gasteiger charge is -2.14. The fraction of sp³-hybridized carbons (Fsp3) is 0.692. The van der Waals surface area contributed by atoms with Crippen LogP contribution in [0.5, 0.6) is 5.75 Å². The molecule has 1 N–H and O–H groups in total. The van der Waals surface area contributed by atoms with Gasteiger partial charge in [0, 0.05) is 6.54 Å². The number of hydrogen-bond donors (Lipinski definition) is 1. The predicted molar refractivity (Wildman–Crippen MR) is 72.7 cm³/mol. The van der Waals surface area contributed by atoms with Crippen molar-refractivity contribution in [1.29, 1.82) is 0 Å². The van der Waals surface area contributed by atoms with Crippen LogP contribution in [-0.2, 0) is 6.54 Å². The molecule has 1 fully saturated rings. The maximum atomic E-state index is 12.5. The number of carbonyl (C=O) groups is 1. The fourth-order valence-electron chi connectivity index (χ4n) is 2.30. The van der Waals surface area contributed by atoms with Gasteiger partial charge in [0.2, 0.25) is 5.78 Å². The molecule has 1 atom stereocenters. The van der Waals surface area contributed by atoms with Gasteiger partial charge in [-0.1, -0.05) is 0 Å². The Morgan fingerprint density at radius 2 is 2.42 bits per heavy atom. The lowest BCUT2D eigenvalue weighted by atomic mass is 10.1. The van der Waals surface area contributed by atoms with E-state index in [1.807, 2.05) is 14.1 Å². The van der Waals surface area contributed by atoms with E-state index in [0.29, 0.717) is 18.0 Å². The summed E-state index contributed by atoms with van der Waals surface area (Å²) in [7, 11) is 5.58. The second kappa shape index (κ2) is 6.16. The van der Waals surface area contributed by atoms with Gasteiger partial charge >= 0.3 is 0 Å². The van der Waals surface area contributed by atoms with Gasteiger partial charge in [0.15, 0.2) is 5.75 Å². The van der Waals surface area contributed by atoms with Crippen molar-refractivity contribution in [3.8, 4) is 5.75 Å². The van der Waals surface area contributed by atoms with E-state index in [-0.39, 0.29) is 11.8 Å². The van der Waals surface area contributed by atoms with Gasteiger partial charge in [-0.2, -0.15) is 5.10 Å². The highest BCUT2D eigenvalue weighted by molar-refractivity contribution is 6.01. The summed E-state index contributed by atoms with van der Waals surface area (Å²) in [5.74, 6) is 0.656. The van der Waals surface area contributed by atoms with Crippen LogP contribution in [0.25, 0.3) is 0 Å². The average molecular weight is 266 g/mol. The van der Waals surface area contributed by atoms with Crippen LogP contribution in [0.1, 0.15) is 23.3 Å². The van der Waals surface area contributed by atoms with Gasteiger partial charge in [0.05, 0.1) is 25.9 Å². The van der Waals surface area contributed by atoms with Crippen LogP contribution < -0.4 is 10.1 Å². The van der Waals surface area contributed by atoms with Crippen molar-refractivity contribution in [3.05, 3.63) is 11.9 Å². The number of ether oxygens (including phenoxy) is 1. The maximum Gasteiger partial charge on any atom is 0.201 e. The molecule has 1 aromatic heterocycles. The van der Waals surface area contributed by atoms with Gasteiger partial charge in [0.1, 0.15) is 5.69 Å². The second-order valence-electron chi connectivity index (χ2n) is 5.10. The van der Waals surface area contributed by atoms with Gasteiger partial charge in [-0.25, -0.2) is 0 Å². The smallest absolute Gasteiger partial charge is 0.201 e. The highest BCUT2D eigenvalue weighted by Crippen LogP contribution is 2.22. The minimum atomic E-state index is -0.0938. The molecule has 2 rings (SSSR count). The van der Waals surface area contributed by atoms with Crippen LogP contribution in [0.2, 0.25) is 0 Å². The molecular weight excluding hydrogens is 244 g/mol. The Morgan fingerprint density at radius 3 is 3.00 bits per heavy atom. The van der Waals surface area contributed by atoms with Gasteiger partial charge in [-0.05, 0) is 33.5 Å². The molecule has 6 heteroatoms. The van der Waals surface area contributed by atoms with Gasteiger partial charge in [-0.15, -0.1) is 0 Å². The van der Waals surface area contributed by atoms with Crippen molar-refractivity contribution in [2.75, 3.05) is 34.3 Å². The lowest BCUT2D eigenvalue weighted by Crippen LogP contribution is -2.33. The van der Waals surface area contributed by atoms with E-state index in [1.165, 1.54) is 0 Å². The first kappa shape index (κ1) is 14.0. The molecule has 0 aliphatic carbocycles. The lowest BCUT2D eigenvalue weighted by molar-refractivity contribution is 0.0937. The predicted octanol–water partition coefficient (Wildman–Crippen LogP) is 0.388. The summed E-state index contributed by atoms with van der Waals surface area (Å²) >= 11 is 0. The molecule has 1 aliphatic rings. The van der Waals surface area contributed by atoms with E-state index in [4.69, 9.17) is 4.74 Å². The van der Waals surface area contributed by atoms with Crippen molar-refractivity contribution in [3.63, 3.8) is 0 Å². The number of Topliss-reactive ketones (excluding diaryl/α,β-unsaturated/α-hetero) is 1. The molecule has 0 saturated carbocycles. The number of hydrogen-bond acceptors (Lipinski definition) is 5. The summed E-state index contributed by atoms with van der Waals surface area (Å²) in [6.07, 6.45) is 3.56. The number of nitrogens with one attached hydrogen (secondary N) is 1. The number of likely N-dealkylation sites (N-methyl/N-ethyl adjacent to an activating group) is 1. The van der Waals surface area contributed by atoms with Gasteiger partial charge in [0.25, 0.3) is 0 Å². The fourth-order valence-corrected chi connectivity index (χ4v) is 2.30. The molecule has 0 spiro atoms. The summed E-state index contributed by atoms with van der Waals surface area (Å²) in [4.78, 5) is 14.6. The number of carbonyl (C=O) groups excluding carboxylic acids is 1. The summed E-state index contributed by atoms with van der Waals surface area (Å²) in [5.41, 5.74) is 0.587. The van der Waals surface area contributed by atoms with Gasteiger partial charge in [-0.3, -0.25) is 9.48 Å². The summed E-state index contributed by atoms with van der Waals surface area (Å²) in [6, 6.07) is -0.0938. The molecule has 6 nitrogen and oxygen atoms in total. The summed E-state index contributed by atoms with van der Waals surface area (Å²) in [5, 5.41) is 7.50. The van der Waals surface area contributed by atoms with Crippen LogP contribution in [-0.4, -0.2) is 60.8 Å². The first-order chi connectivity index (χ1) is 9.13. The molecule has 0 aromatic carbocycles. The van der Waals surface area contributed by atoms with Crippen LogP contribution in [0.3, 0.4) is 0 Å². The maximum absolute atomic E-state index is 12.5. The number of ketones is 1. The molecule has 1 aliphatic heterocycles. The molecule has 0 bridgehead atoms. The third-order valence-corrected chi connectivity index (χ3v) is 3.40. The molecule has 1 unspecified atom stereocenters. The van der Waals surface area contributed by atoms with Crippen LogP contribution >= 0.6 is 0 Å². The number of rotatable bonds is 6. The molecule has 106 valence electrons. The molecule has 19 heavy (non-hydrogen) atoms. The first-order valence-corrected chi connectivity index (χ1v) is 6.65. The Kier molecular flexibility index (Phi) is 4.55. The van der Waals surface area contributed by atoms with Crippen molar-refractivity contribution in [1.82, 2.24) is 20.0 Å². The standard InChI is InChI=1S/C13H22N4O2/c1-16(2)7-8-17-12(11(19-3)9-15-17)13(18)10-5-4-6-14-10/h9-10,14H,4-8H2,1-3H3. The molecule has 0 radical (unpaired) electrons. The van der Waals surface area contributed by atoms with Gasteiger partial charge < -0.3 is 15.0 Å². The van der Waals surface area contributed by atoms with E-state index in [9.17, 15) is 4.79 Å². The Bertz CT molecular complexity index is 436.